The van der Waals surface area contributed by atoms with Crippen molar-refractivity contribution in [2.75, 3.05) is 9.80 Å². The van der Waals surface area contributed by atoms with E-state index in [4.69, 9.17) is 0 Å². The molecule has 4 aromatic rings. The van der Waals surface area contributed by atoms with Gasteiger partial charge in [0, 0.05) is 83.8 Å². The van der Waals surface area contributed by atoms with E-state index >= 15 is 0 Å². The van der Waals surface area contributed by atoms with Gasteiger partial charge >= 0.3 is 0 Å². The molecule has 290 valence electrons. The van der Waals surface area contributed by atoms with Crippen molar-refractivity contribution in [1.82, 2.24) is 15.0 Å². The Kier molecular flexibility index (Phi) is 14.7. The van der Waals surface area contributed by atoms with Gasteiger partial charge in [-0.25, -0.2) is 0 Å². The molecule has 6 rings (SSSR count). The molecule has 6 nitrogen and oxygen atoms in total. The van der Waals surface area contributed by atoms with E-state index in [2.05, 4.69) is 167 Å². The maximum absolute atomic E-state index is 4.46. The minimum absolute atomic E-state index is 0.128. The van der Waals surface area contributed by atoms with E-state index in [1.165, 1.54) is 22.3 Å². The largest absolute Gasteiger partial charge is 0.310 e. The third kappa shape index (κ3) is 10.7. The number of aromatic nitrogens is 3. The molecular weight excluding hydrogens is 709 g/mol. The van der Waals surface area contributed by atoms with Crippen molar-refractivity contribution in [3.05, 3.63) is 228 Å². The van der Waals surface area contributed by atoms with E-state index in [1.54, 1.807) is 0 Å². The van der Waals surface area contributed by atoms with Crippen molar-refractivity contribution in [3.63, 3.8) is 0 Å². The Balaban J connectivity index is 1.09. The standard InChI is InChI=1S/C52H52N6/c1-6-9-17-46(57(48-25-30-53-31-26-48)51-28-33-54-37-41(51)5)18-11-10-14-40(4)19-20-42(8-3)15-12-16-43(13-7-2)35-44-21-23-47(24-22-44)58-49-27-32-55-38-45(36-49)50-39-56-34-29-52(50)58/h7,9,11-13,15-34,36-39,45H,1,8,10,14,35H2,2-5H3/b13-7-,15-12+,18-11-,40-19+,42-20+,43-16+,46-17+. The van der Waals surface area contributed by atoms with Gasteiger partial charge in [-0.3, -0.25) is 19.9 Å². The Morgan fingerprint density at radius 2 is 1.67 bits per heavy atom. The quantitative estimate of drug-likeness (QED) is 0.0841. The molecule has 0 fully saturated rings. The Morgan fingerprint density at radius 3 is 2.45 bits per heavy atom. The van der Waals surface area contributed by atoms with Crippen LogP contribution in [0.5, 0.6) is 0 Å². The van der Waals surface area contributed by atoms with E-state index in [-0.39, 0.29) is 5.92 Å². The fourth-order valence-corrected chi connectivity index (χ4v) is 6.96. The maximum atomic E-state index is 4.46. The van der Waals surface area contributed by atoms with Crippen LogP contribution in [0.2, 0.25) is 0 Å². The molecule has 0 saturated heterocycles. The minimum Gasteiger partial charge on any atom is -0.310 e. The highest BCUT2D eigenvalue weighted by molar-refractivity contribution is 5.84. The summed E-state index contributed by atoms with van der Waals surface area (Å²) >= 11 is 0. The molecule has 5 heterocycles. The number of rotatable bonds is 16. The summed E-state index contributed by atoms with van der Waals surface area (Å²) in [6.07, 6.45) is 46.7. The summed E-state index contributed by atoms with van der Waals surface area (Å²) in [6, 6.07) is 17.0. The van der Waals surface area contributed by atoms with Gasteiger partial charge in [-0.2, -0.15) is 0 Å². The summed E-state index contributed by atoms with van der Waals surface area (Å²) < 4.78 is 0. The van der Waals surface area contributed by atoms with Gasteiger partial charge < -0.3 is 9.80 Å². The third-order valence-corrected chi connectivity index (χ3v) is 9.99. The van der Waals surface area contributed by atoms with Crippen molar-refractivity contribution in [2.45, 2.75) is 59.3 Å². The molecule has 3 aromatic heterocycles. The average Bonchev–Trinajstić information content (AvgIpc) is 3.47. The van der Waals surface area contributed by atoms with Crippen LogP contribution < -0.4 is 9.80 Å². The first-order valence-electron chi connectivity index (χ1n) is 19.9. The molecular formula is C52H52N6. The van der Waals surface area contributed by atoms with Crippen LogP contribution >= 0.6 is 0 Å². The van der Waals surface area contributed by atoms with Gasteiger partial charge in [0.1, 0.15) is 0 Å². The topological polar surface area (TPSA) is 57.5 Å². The number of anilines is 4. The normalized spacial score (nSPS) is 15.8. The fourth-order valence-electron chi connectivity index (χ4n) is 6.96. The van der Waals surface area contributed by atoms with Crippen molar-refractivity contribution in [3.8, 4) is 0 Å². The van der Waals surface area contributed by atoms with Crippen LogP contribution in [0.25, 0.3) is 0 Å². The zero-order valence-corrected chi connectivity index (χ0v) is 34.0. The third-order valence-electron chi connectivity index (χ3n) is 9.99. The van der Waals surface area contributed by atoms with Crippen LogP contribution in [-0.4, -0.2) is 21.2 Å². The molecule has 0 saturated carbocycles. The van der Waals surface area contributed by atoms with Gasteiger partial charge in [0.15, 0.2) is 0 Å². The van der Waals surface area contributed by atoms with Gasteiger partial charge in [-0.15, -0.1) is 5.73 Å². The van der Waals surface area contributed by atoms with Crippen LogP contribution in [0.15, 0.2) is 216 Å². The molecule has 58 heavy (non-hydrogen) atoms. The predicted octanol–water partition coefficient (Wildman–Crippen LogP) is 13.2. The monoisotopic (exact) mass is 760 g/mol. The summed E-state index contributed by atoms with van der Waals surface area (Å²) in [5.41, 5.74) is 16.7. The first kappa shape index (κ1) is 40.8. The number of aryl methyl sites for hydroxylation is 1. The van der Waals surface area contributed by atoms with E-state index < -0.39 is 0 Å². The summed E-state index contributed by atoms with van der Waals surface area (Å²) in [5.74, 6) is 0.128. The van der Waals surface area contributed by atoms with Crippen molar-refractivity contribution in [1.29, 1.82) is 0 Å². The number of benzene rings is 1. The number of nitrogens with zero attached hydrogens (tertiary/aromatic N) is 6. The number of allylic oxidation sites excluding steroid dienone is 16. The summed E-state index contributed by atoms with van der Waals surface area (Å²) in [5, 5.41) is 0. The molecule has 2 aliphatic heterocycles. The lowest BCUT2D eigenvalue weighted by atomic mass is 9.94. The second kappa shape index (κ2) is 20.9. The van der Waals surface area contributed by atoms with Gasteiger partial charge in [-0.05, 0) is 136 Å². The average molecular weight is 761 g/mol. The molecule has 0 N–H and O–H groups in total. The van der Waals surface area contributed by atoms with Gasteiger partial charge in [0.25, 0.3) is 0 Å². The SMILES string of the molecule is C=C=C/C=C(\C=C/CC/C(C)=C/C=C(/C=C/C=C(\C=C/C)Cc1ccc(N2C3=CC(C=NC=C3)c3cnccc32)cc1)CC)N(c1ccncc1)c1ccncc1C. The molecule has 2 aliphatic rings. The number of hydrogen-bond acceptors (Lipinski definition) is 6. The second-order valence-corrected chi connectivity index (χ2v) is 14.2. The minimum atomic E-state index is 0.128. The zero-order chi connectivity index (χ0) is 40.5. The number of hydrogen-bond donors (Lipinski definition) is 0. The lowest BCUT2D eigenvalue weighted by Gasteiger charge is -2.33. The van der Waals surface area contributed by atoms with Gasteiger partial charge in [-0.1, -0.05) is 79.8 Å². The Bertz CT molecular complexity index is 2390. The van der Waals surface area contributed by atoms with Crippen molar-refractivity contribution >= 4 is 29.0 Å². The molecule has 1 unspecified atom stereocenters. The van der Waals surface area contributed by atoms with Crippen molar-refractivity contribution in [2.24, 2.45) is 4.99 Å². The molecule has 0 spiro atoms. The van der Waals surface area contributed by atoms with E-state index in [0.29, 0.717) is 0 Å². The Hall–Kier alpha value is -6.88. The predicted molar refractivity (Wildman–Crippen MR) is 245 cm³/mol. The molecule has 2 bridgehead atoms. The molecule has 0 radical (unpaired) electrons. The smallest absolute Gasteiger partial charge is 0.0534 e. The Morgan fingerprint density at radius 1 is 0.879 bits per heavy atom. The fraction of sp³-hybridized carbons (Fsp3) is 0.173. The van der Waals surface area contributed by atoms with Gasteiger partial charge in [0.05, 0.1) is 11.4 Å². The highest BCUT2D eigenvalue weighted by atomic mass is 15.2. The summed E-state index contributed by atoms with van der Waals surface area (Å²) in [6.45, 7) is 12.3. The number of pyridine rings is 3. The summed E-state index contributed by atoms with van der Waals surface area (Å²) in [4.78, 5) is 21.9. The van der Waals surface area contributed by atoms with Crippen molar-refractivity contribution < 1.29 is 0 Å². The first-order valence-corrected chi connectivity index (χ1v) is 19.9. The molecule has 0 aliphatic carbocycles. The second-order valence-electron chi connectivity index (χ2n) is 14.2. The molecule has 1 aromatic carbocycles. The van der Waals surface area contributed by atoms with Crippen LogP contribution in [0.3, 0.4) is 0 Å². The van der Waals surface area contributed by atoms with Crippen LogP contribution in [-0.2, 0) is 6.42 Å². The van der Waals surface area contributed by atoms with Crippen LogP contribution in [0, 0.1) is 6.92 Å². The highest BCUT2D eigenvalue weighted by Gasteiger charge is 2.26. The molecule has 1 atom stereocenters. The highest BCUT2D eigenvalue weighted by Crippen LogP contribution is 2.41. The van der Waals surface area contributed by atoms with E-state index in [1.807, 2.05) is 79.9 Å². The van der Waals surface area contributed by atoms with E-state index in [9.17, 15) is 0 Å². The maximum Gasteiger partial charge on any atom is 0.0534 e. The number of fused-ring (bicyclic) bond motifs is 3. The number of aliphatic imine (C=N–C) groups is 1. The summed E-state index contributed by atoms with van der Waals surface area (Å²) in [7, 11) is 0. The van der Waals surface area contributed by atoms with Crippen LogP contribution in [0.1, 0.15) is 62.6 Å². The Labute approximate surface area is 344 Å². The molecule has 6 heteroatoms. The van der Waals surface area contributed by atoms with E-state index in [0.717, 1.165) is 71.0 Å². The lowest BCUT2D eigenvalue weighted by molar-refractivity contribution is 0.974. The van der Waals surface area contributed by atoms with Crippen LogP contribution in [0.4, 0.5) is 22.7 Å². The first-order chi connectivity index (χ1) is 28.5. The lowest BCUT2D eigenvalue weighted by Crippen LogP contribution is -2.22. The molecule has 0 amide bonds. The van der Waals surface area contributed by atoms with Gasteiger partial charge in [0.2, 0.25) is 0 Å². The zero-order valence-electron chi connectivity index (χ0n) is 34.0.